The van der Waals surface area contributed by atoms with Crippen LogP contribution in [0.2, 0.25) is 0 Å². The molecule has 2 atom stereocenters. The highest BCUT2D eigenvalue weighted by Crippen LogP contribution is 2.52. The zero-order valence-electron chi connectivity index (χ0n) is 11.8. The van der Waals surface area contributed by atoms with Gasteiger partial charge in [0.2, 0.25) is 0 Å². The van der Waals surface area contributed by atoms with Crippen LogP contribution in [0, 0.1) is 5.41 Å². The summed E-state index contributed by atoms with van der Waals surface area (Å²) in [7, 11) is 1.32. The van der Waals surface area contributed by atoms with Crippen molar-refractivity contribution in [3.8, 4) is 0 Å². The normalized spacial score (nSPS) is 24.8. The van der Waals surface area contributed by atoms with Crippen molar-refractivity contribution in [2.45, 2.75) is 39.3 Å². The van der Waals surface area contributed by atoms with E-state index in [1.807, 2.05) is 11.5 Å². The largest absolute Gasteiger partial charge is 0.464 e. The summed E-state index contributed by atoms with van der Waals surface area (Å²) in [6, 6.07) is 0.190. The van der Waals surface area contributed by atoms with Crippen molar-refractivity contribution in [2.24, 2.45) is 5.41 Å². The molecule has 1 saturated carbocycles. The number of nitrogen functional groups attached to an aromatic ring is 1. The Bertz CT molecular complexity index is 481. The zero-order valence-corrected chi connectivity index (χ0v) is 11.8. The molecule has 0 saturated heterocycles. The second-order valence-electron chi connectivity index (χ2n) is 5.39. The van der Waals surface area contributed by atoms with E-state index in [4.69, 9.17) is 10.5 Å². The van der Waals surface area contributed by atoms with Gasteiger partial charge in [0.05, 0.1) is 19.5 Å². The zero-order chi connectivity index (χ0) is 14.2. The van der Waals surface area contributed by atoms with Gasteiger partial charge in [-0.2, -0.15) is 0 Å². The second kappa shape index (κ2) is 4.85. The summed E-state index contributed by atoms with van der Waals surface area (Å²) < 4.78 is 12.2. The molecule has 106 valence electrons. The molecule has 2 rings (SSSR count). The molecule has 6 heteroatoms. The van der Waals surface area contributed by atoms with Crippen LogP contribution in [0.5, 0.6) is 0 Å². The average molecular weight is 267 g/mol. The summed E-state index contributed by atoms with van der Waals surface area (Å²) in [5.41, 5.74) is 6.14. The molecule has 0 radical (unpaired) electrons. The minimum Gasteiger partial charge on any atom is -0.464 e. The van der Waals surface area contributed by atoms with E-state index >= 15 is 0 Å². The monoisotopic (exact) mass is 267 g/mol. The van der Waals surface area contributed by atoms with E-state index in [-0.39, 0.29) is 23.3 Å². The molecule has 1 aromatic heterocycles. The Balaban J connectivity index is 2.21. The van der Waals surface area contributed by atoms with Crippen LogP contribution >= 0.6 is 0 Å². The first kappa shape index (κ1) is 13.9. The van der Waals surface area contributed by atoms with Crippen molar-refractivity contribution in [1.29, 1.82) is 0 Å². The first-order valence-corrected chi connectivity index (χ1v) is 6.45. The molecular formula is C13H21N3O3. The Hall–Kier alpha value is -1.56. The number of aromatic nitrogens is 2. The Morgan fingerprint density at radius 3 is 2.84 bits per heavy atom. The van der Waals surface area contributed by atoms with Crippen LogP contribution in [0.3, 0.4) is 0 Å². The minimum atomic E-state index is -0.505. The Kier molecular flexibility index (Phi) is 3.54. The number of ether oxygens (including phenoxy) is 2. The van der Waals surface area contributed by atoms with Gasteiger partial charge in [-0.1, -0.05) is 13.8 Å². The van der Waals surface area contributed by atoms with Gasteiger partial charge < -0.3 is 19.8 Å². The van der Waals surface area contributed by atoms with Gasteiger partial charge in [0.1, 0.15) is 5.82 Å². The van der Waals surface area contributed by atoms with Crippen molar-refractivity contribution in [3.05, 3.63) is 12.0 Å². The standard InChI is InChI=1S/C13H21N3O3/c1-5-19-9-6-8(13(9,2)3)16-7-15-10(11(16)14)12(17)18-4/h7-9H,5-6,14H2,1-4H3. The predicted molar refractivity (Wildman–Crippen MR) is 70.8 cm³/mol. The number of nitrogens with two attached hydrogens (primary N) is 1. The Morgan fingerprint density at radius 2 is 2.32 bits per heavy atom. The van der Waals surface area contributed by atoms with Crippen molar-refractivity contribution < 1.29 is 14.3 Å². The highest BCUT2D eigenvalue weighted by Gasteiger charge is 2.50. The van der Waals surface area contributed by atoms with E-state index < -0.39 is 5.97 Å². The van der Waals surface area contributed by atoms with E-state index in [2.05, 4.69) is 23.6 Å². The fourth-order valence-electron chi connectivity index (χ4n) is 2.69. The summed E-state index contributed by atoms with van der Waals surface area (Å²) in [5, 5.41) is 0. The molecule has 1 aliphatic rings. The predicted octanol–water partition coefficient (Wildman–Crippen LogP) is 1.63. The van der Waals surface area contributed by atoms with Gasteiger partial charge >= 0.3 is 5.97 Å². The fourth-order valence-corrected chi connectivity index (χ4v) is 2.69. The number of hydrogen-bond acceptors (Lipinski definition) is 5. The van der Waals surface area contributed by atoms with Gasteiger partial charge in [-0.15, -0.1) is 0 Å². The number of hydrogen-bond donors (Lipinski definition) is 1. The van der Waals surface area contributed by atoms with Gasteiger partial charge in [0, 0.05) is 18.1 Å². The fraction of sp³-hybridized carbons (Fsp3) is 0.692. The summed E-state index contributed by atoms with van der Waals surface area (Å²) in [4.78, 5) is 15.6. The smallest absolute Gasteiger partial charge is 0.360 e. The van der Waals surface area contributed by atoms with Crippen molar-refractivity contribution >= 4 is 11.8 Å². The van der Waals surface area contributed by atoms with E-state index in [1.54, 1.807) is 6.33 Å². The first-order chi connectivity index (χ1) is 8.93. The molecular weight excluding hydrogens is 246 g/mol. The number of imidazole rings is 1. The lowest BCUT2D eigenvalue weighted by Crippen LogP contribution is -2.51. The van der Waals surface area contributed by atoms with Crippen LogP contribution in [-0.2, 0) is 9.47 Å². The summed E-state index contributed by atoms with van der Waals surface area (Å²) in [5.74, 6) is -0.144. The quantitative estimate of drug-likeness (QED) is 0.839. The Morgan fingerprint density at radius 1 is 1.63 bits per heavy atom. The van der Waals surface area contributed by atoms with Crippen LogP contribution in [0.1, 0.15) is 43.7 Å². The van der Waals surface area contributed by atoms with Gasteiger partial charge in [0.15, 0.2) is 5.69 Å². The maximum Gasteiger partial charge on any atom is 0.360 e. The molecule has 6 nitrogen and oxygen atoms in total. The van der Waals surface area contributed by atoms with E-state index in [0.717, 1.165) is 6.42 Å². The highest BCUT2D eigenvalue weighted by atomic mass is 16.5. The van der Waals surface area contributed by atoms with Crippen LogP contribution in [0.15, 0.2) is 6.33 Å². The van der Waals surface area contributed by atoms with Crippen LogP contribution in [0.25, 0.3) is 0 Å². The number of methoxy groups -OCH3 is 1. The molecule has 19 heavy (non-hydrogen) atoms. The average Bonchev–Trinajstić information content (AvgIpc) is 2.75. The lowest BCUT2D eigenvalue weighted by atomic mass is 9.64. The van der Waals surface area contributed by atoms with E-state index in [9.17, 15) is 4.79 Å². The summed E-state index contributed by atoms with van der Waals surface area (Å²) in [6.45, 7) is 6.97. The number of esters is 1. The number of carbonyl (C=O) groups is 1. The number of carbonyl (C=O) groups excluding carboxylic acids is 1. The van der Waals surface area contributed by atoms with Crippen LogP contribution in [-0.4, -0.2) is 35.3 Å². The van der Waals surface area contributed by atoms with Crippen molar-refractivity contribution in [1.82, 2.24) is 9.55 Å². The molecule has 0 aromatic carbocycles. The van der Waals surface area contributed by atoms with Gasteiger partial charge in [0.25, 0.3) is 0 Å². The lowest BCUT2D eigenvalue weighted by molar-refractivity contribution is -0.127. The molecule has 0 amide bonds. The van der Waals surface area contributed by atoms with E-state index in [1.165, 1.54) is 7.11 Å². The number of rotatable bonds is 4. The molecule has 1 aromatic rings. The van der Waals surface area contributed by atoms with E-state index in [0.29, 0.717) is 12.4 Å². The molecule has 2 N–H and O–H groups in total. The van der Waals surface area contributed by atoms with Crippen LogP contribution < -0.4 is 5.73 Å². The molecule has 1 heterocycles. The summed E-state index contributed by atoms with van der Waals surface area (Å²) >= 11 is 0. The third-order valence-electron chi connectivity index (χ3n) is 4.04. The molecule has 1 aliphatic carbocycles. The van der Waals surface area contributed by atoms with Crippen LogP contribution in [0.4, 0.5) is 5.82 Å². The summed E-state index contributed by atoms with van der Waals surface area (Å²) in [6.07, 6.45) is 2.70. The molecule has 0 spiro atoms. The van der Waals surface area contributed by atoms with Gasteiger partial charge in [-0.3, -0.25) is 0 Å². The topological polar surface area (TPSA) is 79.4 Å². The maximum atomic E-state index is 11.5. The highest BCUT2D eigenvalue weighted by molar-refractivity contribution is 5.92. The second-order valence-corrected chi connectivity index (χ2v) is 5.39. The van der Waals surface area contributed by atoms with Crippen molar-refractivity contribution in [3.63, 3.8) is 0 Å². The maximum absolute atomic E-state index is 11.5. The Labute approximate surface area is 112 Å². The number of anilines is 1. The third-order valence-corrected chi connectivity index (χ3v) is 4.04. The number of nitrogens with zero attached hydrogens (tertiary/aromatic N) is 2. The molecule has 0 bridgehead atoms. The molecule has 0 aliphatic heterocycles. The molecule has 1 fully saturated rings. The van der Waals surface area contributed by atoms with Gasteiger partial charge in [-0.05, 0) is 13.3 Å². The lowest BCUT2D eigenvalue weighted by Gasteiger charge is -2.52. The molecule has 2 unspecified atom stereocenters. The third kappa shape index (κ3) is 2.10. The SMILES string of the molecule is CCOC1CC(n2cnc(C(=O)OC)c2N)C1(C)C. The first-order valence-electron chi connectivity index (χ1n) is 6.45. The minimum absolute atomic E-state index is 0.0295. The van der Waals surface area contributed by atoms with Gasteiger partial charge in [-0.25, -0.2) is 9.78 Å². The van der Waals surface area contributed by atoms with Crippen molar-refractivity contribution in [2.75, 3.05) is 19.5 Å².